The zero-order valence-electron chi connectivity index (χ0n) is 20.6. The normalized spacial score (nSPS) is 13.6. The predicted octanol–water partition coefficient (Wildman–Crippen LogP) is 3.94. The summed E-state index contributed by atoms with van der Waals surface area (Å²) in [5.41, 5.74) is 2.23. The molecule has 0 aromatic heterocycles. The van der Waals surface area contributed by atoms with E-state index >= 15 is 0 Å². The zero-order chi connectivity index (χ0) is 25.7. The molecule has 9 heteroatoms. The third-order valence-electron chi connectivity index (χ3n) is 6.44. The highest BCUT2D eigenvalue weighted by molar-refractivity contribution is 7.89. The fourth-order valence-corrected chi connectivity index (χ4v) is 5.89. The topological polar surface area (TPSA) is 82.1 Å². The van der Waals surface area contributed by atoms with Crippen LogP contribution in [0.5, 0.6) is 0 Å². The Kier molecular flexibility index (Phi) is 8.28. The molecule has 1 aliphatic rings. The molecule has 3 aromatic rings. The molecule has 0 bridgehead atoms. The number of nitrogens with one attached hydrogen (secondary N) is 1. The van der Waals surface area contributed by atoms with Crippen LogP contribution in [0.2, 0.25) is 5.02 Å². The lowest BCUT2D eigenvalue weighted by Gasteiger charge is -2.20. The second-order valence-corrected chi connectivity index (χ2v) is 11.4. The largest absolute Gasteiger partial charge is 0.368 e. The van der Waals surface area contributed by atoms with E-state index in [-0.39, 0.29) is 23.8 Å². The van der Waals surface area contributed by atoms with E-state index in [2.05, 4.69) is 34.6 Å². The molecule has 4 rings (SSSR count). The molecule has 7 nitrogen and oxygen atoms in total. The van der Waals surface area contributed by atoms with Crippen molar-refractivity contribution in [2.24, 2.45) is 4.99 Å². The maximum absolute atomic E-state index is 13.2. The quantitative estimate of drug-likeness (QED) is 0.434. The average Bonchev–Trinajstić information content (AvgIpc) is 3.42. The minimum atomic E-state index is -3.72. The summed E-state index contributed by atoms with van der Waals surface area (Å²) in [5, 5.41) is 5.06. The highest BCUT2D eigenvalue weighted by Crippen LogP contribution is 2.30. The molecule has 36 heavy (non-hydrogen) atoms. The number of aliphatic imine (C=N–C) groups is 1. The Labute approximate surface area is 217 Å². The summed E-state index contributed by atoms with van der Waals surface area (Å²) in [6, 6.07) is 18.6. The number of hydrogen-bond acceptors (Lipinski definition) is 5. The van der Waals surface area contributed by atoms with Crippen molar-refractivity contribution in [3.63, 3.8) is 0 Å². The van der Waals surface area contributed by atoms with Gasteiger partial charge in [0.05, 0.1) is 11.4 Å². The number of rotatable bonds is 10. The minimum absolute atomic E-state index is 0.00104. The summed E-state index contributed by atoms with van der Waals surface area (Å²) in [6.45, 7) is 2.54. The van der Waals surface area contributed by atoms with Gasteiger partial charge in [-0.05, 0) is 30.5 Å². The van der Waals surface area contributed by atoms with Crippen LogP contribution in [0.3, 0.4) is 0 Å². The molecule has 190 valence electrons. The van der Waals surface area contributed by atoms with E-state index in [1.54, 1.807) is 55.4 Å². The van der Waals surface area contributed by atoms with Crippen LogP contribution in [0, 0.1) is 0 Å². The Morgan fingerprint density at radius 2 is 1.72 bits per heavy atom. The summed E-state index contributed by atoms with van der Waals surface area (Å²) >= 11 is 6.25. The molecule has 0 radical (unpaired) electrons. The second kappa shape index (κ2) is 11.4. The predicted molar refractivity (Wildman–Crippen MR) is 145 cm³/mol. The molecule has 0 unspecified atom stereocenters. The first-order valence-electron chi connectivity index (χ1n) is 12.0. The van der Waals surface area contributed by atoms with Crippen molar-refractivity contribution >= 4 is 44.1 Å². The number of carbonyl (C=O) groups is 1. The minimum Gasteiger partial charge on any atom is -0.368 e. The highest BCUT2D eigenvalue weighted by atomic mass is 35.5. The maximum atomic E-state index is 13.2. The SMILES string of the molecule is CN(CCc1ccc(C2=NCCN2)cc1)C(=O)CCCN(C)S(=O)(=O)c1cccc2c(Cl)cccc12. The molecule has 0 fully saturated rings. The Morgan fingerprint density at radius 3 is 2.44 bits per heavy atom. The van der Waals surface area contributed by atoms with E-state index in [9.17, 15) is 13.2 Å². The van der Waals surface area contributed by atoms with Crippen LogP contribution >= 0.6 is 11.6 Å². The second-order valence-electron chi connectivity index (χ2n) is 8.94. The number of amidine groups is 1. The molecule has 1 N–H and O–H groups in total. The Balaban J connectivity index is 1.27. The van der Waals surface area contributed by atoms with E-state index in [1.165, 1.54) is 4.31 Å². The molecule has 0 aliphatic carbocycles. The Hall–Kier alpha value is -2.94. The van der Waals surface area contributed by atoms with Gasteiger partial charge in [0.2, 0.25) is 15.9 Å². The van der Waals surface area contributed by atoms with Crippen LogP contribution in [0.4, 0.5) is 0 Å². The number of amides is 1. The van der Waals surface area contributed by atoms with E-state index in [0.29, 0.717) is 28.8 Å². The van der Waals surface area contributed by atoms with E-state index in [0.717, 1.165) is 36.5 Å². The molecule has 0 saturated carbocycles. The standard InChI is InChI=1S/C27H31ClN4O3S/c1-31(19-15-20-11-13-21(14-12-20)27-29-16-17-30-27)26(33)10-5-18-32(2)36(34,35)25-9-4-6-22-23(25)7-3-8-24(22)28/h3-4,6-9,11-14H,5,10,15-19H2,1-2H3,(H,29,30). The Morgan fingerprint density at radius 1 is 1.00 bits per heavy atom. The number of likely N-dealkylation sites (N-methyl/N-ethyl adjacent to an activating group) is 1. The number of nitrogens with zero attached hydrogens (tertiary/aromatic N) is 3. The van der Waals surface area contributed by atoms with Gasteiger partial charge < -0.3 is 10.2 Å². The zero-order valence-corrected chi connectivity index (χ0v) is 22.1. The van der Waals surface area contributed by atoms with Gasteiger partial charge >= 0.3 is 0 Å². The van der Waals surface area contributed by atoms with Gasteiger partial charge in [-0.1, -0.05) is 60.1 Å². The third kappa shape index (κ3) is 5.88. The molecule has 1 aliphatic heterocycles. The first kappa shape index (κ1) is 26.1. The van der Waals surface area contributed by atoms with Crippen molar-refractivity contribution in [3.05, 3.63) is 76.8 Å². The van der Waals surface area contributed by atoms with Crippen LogP contribution in [0.1, 0.15) is 24.0 Å². The number of halogens is 1. The Bertz CT molecular complexity index is 1370. The van der Waals surface area contributed by atoms with Crippen LogP contribution in [0.25, 0.3) is 10.8 Å². The van der Waals surface area contributed by atoms with Gasteiger partial charge in [-0.15, -0.1) is 0 Å². The van der Waals surface area contributed by atoms with E-state index in [4.69, 9.17) is 11.6 Å². The van der Waals surface area contributed by atoms with Gasteiger partial charge in [-0.3, -0.25) is 9.79 Å². The monoisotopic (exact) mass is 526 g/mol. The molecule has 0 saturated heterocycles. The van der Waals surface area contributed by atoms with Gasteiger partial charge in [-0.2, -0.15) is 0 Å². The fraction of sp³-hybridized carbons (Fsp3) is 0.333. The summed E-state index contributed by atoms with van der Waals surface area (Å²) in [6.07, 6.45) is 1.47. The van der Waals surface area contributed by atoms with Crippen molar-refractivity contribution in [2.75, 3.05) is 40.3 Å². The van der Waals surface area contributed by atoms with Crippen molar-refractivity contribution < 1.29 is 13.2 Å². The van der Waals surface area contributed by atoms with Crippen LogP contribution in [-0.2, 0) is 21.2 Å². The first-order chi connectivity index (χ1) is 17.3. The van der Waals surface area contributed by atoms with E-state index in [1.807, 2.05) is 0 Å². The molecule has 3 aromatic carbocycles. The summed E-state index contributed by atoms with van der Waals surface area (Å²) < 4.78 is 27.7. The number of fused-ring (bicyclic) bond motifs is 1. The molecular weight excluding hydrogens is 496 g/mol. The third-order valence-corrected chi connectivity index (χ3v) is 8.69. The van der Waals surface area contributed by atoms with Crippen LogP contribution in [-0.4, -0.2) is 69.6 Å². The summed E-state index contributed by atoms with van der Waals surface area (Å²) in [7, 11) is -0.389. The van der Waals surface area contributed by atoms with Gasteiger partial charge in [0.15, 0.2) is 0 Å². The van der Waals surface area contributed by atoms with E-state index < -0.39 is 10.0 Å². The van der Waals surface area contributed by atoms with Gasteiger partial charge in [0.25, 0.3) is 0 Å². The van der Waals surface area contributed by atoms with Crippen molar-refractivity contribution in [1.82, 2.24) is 14.5 Å². The van der Waals surface area contributed by atoms with Crippen molar-refractivity contribution in [3.8, 4) is 0 Å². The number of benzene rings is 3. The van der Waals surface area contributed by atoms with Crippen molar-refractivity contribution in [2.45, 2.75) is 24.2 Å². The number of carbonyl (C=O) groups excluding carboxylic acids is 1. The number of sulfonamides is 1. The van der Waals surface area contributed by atoms with Gasteiger partial charge in [0.1, 0.15) is 5.84 Å². The highest BCUT2D eigenvalue weighted by Gasteiger charge is 2.23. The average molecular weight is 527 g/mol. The molecule has 1 amide bonds. The van der Waals surface area contributed by atoms with Crippen molar-refractivity contribution in [1.29, 1.82) is 0 Å². The first-order valence-corrected chi connectivity index (χ1v) is 13.8. The van der Waals surface area contributed by atoms with Gasteiger partial charge in [-0.25, -0.2) is 12.7 Å². The molecular formula is C27H31ClN4O3S. The molecule has 0 atom stereocenters. The lowest BCUT2D eigenvalue weighted by Crippen LogP contribution is -2.31. The fourth-order valence-electron chi connectivity index (χ4n) is 4.24. The lowest BCUT2D eigenvalue weighted by atomic mass is 10.1. The molecule has 0 spiro atoms. The van der Waals surface area contributed by atoms with Gasteiger partial charge in [0, 0.05) is 61.5 Å². The van der Waals surface area contributed by atoms with Crippen LogP contribution in [0.15, 0.2) is 70.6 Å². The smallest absolute Gasteiger partial charge is 0.243 e. The lowest BCUT2D eigenvalue weighted by molar-refractivity contribution is -0.130. The summed E-state index contributed by atoms with van der Waals surface area (Å²) in [4.78, 5) is 19.0. The maximum Gasteiger partial charge on any atom is 0.243 e. The summed E-state index contributed by atoms with van der Waals surface area (Å²) in [5.74, 6) is 0.934. The number of hydrogen-bond donors (Lipinski definition) is 1. The van der Waals surface area contributed by atoms with Crippen LogP contribution < -0.4 is 5.32 Å². The molecule has 1 heterocycles.